The lowest BCUT2D eigenvalue weighted by molar-refractivity contribution is 0.373. The lowest BCUT2D eigenvalue weighted by Crippen LogP contribution is -1.98. The van der Waals surface area contributed by atoms with Crippen molar-refractivity contribution in [3.8, 4) is 11.5 Å². The van der Waals surface area contributed by atoms with Crippen LogP contribution in [-0.4, -0.2) is 17.2 Å². The molecule has 1 heterocycles. The van der Waals surface area contributed by atoms with Gasteiger partial charge in [0.2, 0.25) is 0 Å². The first-order valence-corrected chi connectivity index (χ1v) is 5.67. The highest BCUT2D eigenvalue weighted by molar-refractivity contribution is 7.09. The number of benzene rings is 1. The number of thiazole rings is 1. The van der Waals surface area contributed by atoms with E-state index in [2.05, 4.69) is 10.3 Å². The summed E-state index contributed by atoms with van der Waals surface area (Å²) in [5.74, 6) is 0.603. The Balaban J connectivity index is 2.02. The van der Waals surface area contributed by atoms with Crippen LogP contribution in [0.3, 0.4) is 0 Å². The molecule has 16 heavy (non-hydrogen) atoms. The highest BCUT2D eigenvalue weighted by atomic mass is 32.1. The van der Waals surface area contributed by atoms with E-state index in [1.165, 1.54) is 7.11 Å². The number of phenols is 1. The molecule has 0 unspecified atom stereocenters. The summed E-state index contributed by atoms with van der Waals surface area (Å²) in [6, 6.07) is 5.21. The summed E-state index contributed by atoms with van der Waals surface area (Å²) >= 11 is 1.59. The van der Waals surface area contributed by atoms with Gasteiger partial charge in [-0.1, -0.05) is 0 Å². The molecule has 0 fully saturated rings. The molecule has 0 aliphatic carbocycles. The van der Waals surface area contributed by atoms with Gasteiger partial charge in [-0.2, -0.15) is 0 Å². The van der Waals surface area contributed by atoms with Crippen molar-refractivity contribution in [3.05, 3.63) is 34.8 Å². The number of phenolic OH excluding ortho intramolecular Hbond substituents is 1. The Morgan fingerprint density at radius 2 is 2.38 bits per heavy atom. The van der Waals surface area contributed by atoms with Crippen LogP contribution in [0.4, 0.5) is 5.69 Å². The molecule has 0 radical (unpaired) electrons. The van der Waals surface area contributed by atoms with E-state index in [1.54, 1.807) is 29.7 Å². The molecule has 0 atom stereocenters. The van der Waals surface area contributed by atoms with E-state index >= 15 is 0 Å². The Hall–Kier alpha value is -1.75. The van der Waals surface area contributed by atoms with E-state index < -0.39 is 0 Å². The van der Waals surface area contributed by atoms with Crippen LogP contribution in [0.15, 0.2) is 29.8 Å². The number of rotatable bonds is 4. The Morgan fingerprint density at radius 1 is 1.50 bits per heavy atom. The van der Waals surface area contributed by atoms with E-state index in [-0.39, 0.29) is 5.75 Å². The van der Waals surface area contributed by atoms with Gasteiger partial charge in [-0.15, -0.1) is 11.3 Å². The number of ether oxygens (including phenoxy) is 1. The van der Waals surface area contributed by atoms with Crippen LogP contribution in [0.1, 0.15) is 5.01 Å². The lowest BCUT2D eigenvalue weighted by Gasteiger charge is -2.07. The second-order valence-electron chi connectivity index (χ2n) is 3.17. The van der Waals surface area contributed by atoms with E-state index in [0.717, 1.165) is 10.7 Å². The summed E-state index contributed by atoms with van der Waals surface area (Å²) in [6.07, 6.45) is 1.77. The number of aromatic hydroxyl groups is 1. The molecule has 2 aromatic rings. The fourth-order valence-electron chi connectivity index (χ4n) is 1.32. The minimum atomic E-state index is 0.131. The predicted octanol–water partition coefficient (Wildman–Crippen LogP) is 2.47. The minimum absolute atomic E-state index is 0.131. The minimum Gasteiger partial charge on any atom is -0.504 e. The van der Waals surface area contributed by atoms with Crippen molar-refractivity contribution >= 4 is 17.0 Å². The zero-order valence-electron chi connectivity index (χ0n) is 8.80. The maximum absolute atomic E-state index is 9.57. The number of hydrogen-bond acceptors (Lipinski definition) is 5. The van der Waals surface area contributed by atoms with E-state index in [9.17, 15) is 5.11 Å². The summed E-state index contributed by atoms with van der Waals surface area (Å²) < 4.78 is 4.96. The first-order chi connectivity index (χ1) is 7.79. The molecule has 1 aromatic heterocycles. The average Bonchev–Trinajstić information content (AvgIpc) is 2.79. The van der Waals surface area contributed by atoms with Crippen molar-refractivity contribution in [2.45, 2.75) is 6.54 Å². The van der Waals surface area contributed by atoms with Gasteiger partial charge in [0.1, 0.15) is 5.01 Å². The highest BCUT2D eigenvalue weighted by Crippen LogP contribution is 2.28. The third-order valence-electron chi connectivity index (χ3n) is 2.11. The van der Waals surface area contributed by atoms with Gasteiger partial charge in [-0.25, -0.2) is 4.98 Å². The van der Waals surface area contributed by atoms with Crippen molar-refractivity contribution in [1.29, 1.82) is 0 Å². The zero-order chi connectivity index (χ0) is 11.4. The largest absolute Gasteiger partial charge is 0.504 e. The molecule has 0 saturated carbocycles. The number of anilines is 1. The van der Waals surface area contributed by atoms with Gasteiger partial charge >= 0.3 is 0 Å². The summed E-state index contributed by atoms with van der Waals surface area (Å²) in [4.78, 5) is 4.16. The number of hydrogen-bond donors (Lipinski definition) is 2. The van der Waals surface area contributed by atoms with E-state index in [4.69, 9.17) is 4.74 Å². The van der Waals surface area contributed by atoms with Gasteiger partial charge in [0.25, 0.3) is 0 Å². The zero-order valence-corrected chi connectivity index (χ0v) is 9.62. The van der Waals surface area contributed by atoms with Crippen LogP contribution in [0.25, 0.3) is 0 Å². The second kappa shape index (κ2) is 4.85. The van der Waals surface area contributed by atoms with E-state index in [0.29, 0.717) is 12.3 Å². The van der Waals surface area contributed by atoms with Gasteiger partial charge < -0.3 is 15.2 Å². The molecule has 2 N–H and O–H groups in total. The van der Waals surface area contributed by atoms with Crippen LogP contribution in [0, 0.1) is 0 Å². The summed E-state index contributed by atoms with van der Waals surface area (Å²) in [5.41, 5.74) is 0.841. The first kappa shape index (κ1) is 10.8. The summed E-state index contributed by atoms with van der Waals surface area (Å²) in [7, 11) is 1.53. The first-order valence-electron chi connectivity index (χ1n) is 4.79. The van der Waals surface area contributed by atoms with Crippen molar-refractivity contribution in [2.24, 2.45) is 0 Å². The molecule has 0 aliphatic rings. The topological polar surface area (TPSA) is 54.4 Å². The molecule has 0 bridgehead atoms. The Morgan fingerprint density at radius 3 is 3.00 bits per heavy atom. The van der Waals surface area contributed by atoms with E-state index in [1.807, 2.05) is 11.4 Å². The van der Waals surface area contributed by atoms with Crippen LogP contribution in [0.2, 0.25) is 0 Å². The maximum Gasteiger partial charge on any atom is 0.160 e. The second-order valence-corrected chi connectivity index (χ2v) is 4.15. The molecule has 2 rings (SSSR count). The van der Waals surface area contributed by atoms with Crippen molar-refractivity contribution in [2.75, 3.05) is 12.4 Å². The standard InChI is InChI=1S/C11H12N2O2S/c1-15-10-3-2-8(6-9(10)14)13-7-11-12-4-5-16-11/h2-6,13-14H,7H2,1H3. The average molecular weight is 236 g/mol. The third kappa shape index (κ3) is 2.43. The molecular formula is C11H12N2O2S. The van der Waals surface area contributed by atoms with Crippen molar-refractivity contribution in [3.63, 3.8) is 0 Å². The molecular weight excluding hydrogens is 224 g/mol. The van der Waals surface area contributed by atoms with Gasteiger partial charge in [-0.3, -0.25) is 0 Å². The molecule has 1 aromatic carbocycles. The summed E-state index contributed by atoms with van der Waals surface area (Å²) in [6.45, 7) is 0.656. The molecule has 4 nitrogen and oxygen atoms in total. The van der Waals surface area contributed by atoms with Gasteiger partial charge in [-0.05, 0) is 12.1 Å². The number of aromatic nitrogens is 1. The van der Waals surface area contributed by atoms with Gasteiger partial charge in [0.15, 0.2) is 11.5 Å². The van der Waals surface area contributed by atoms with Gasteiger partial charge in [0, 0.05) is 23.3 Å². The lowest BCUT2D eigenvalue weighted by atomic mass is 10.3. The SMILES string of the molecule is COc1ccc(NCc2nccs2)cc1O. The van der Waals surface area contributed by atoms with Crippen LogP contribution < -0.4 is 10.1 Å². The summed E-state index contributed by atoms with van der Waals surface area (Å²) in [5, 5.41) is 15.7. The Labute approximate surface area is 97.5 Å². The highest BCUT2D eigenvalue weighted by Gasteiger charge is 2.02. The smallest absolute Gasteiger partial charge is 0.160 e. The normalized spacial score (nSPS) is 10.1. The monoisotopic (exact) mass is 236 g/mol. The number of nitrogens with zero attached hydrogens (tertiary/aromatic N) is 1. The Kier molecular flexibility index (Phi) is 3.26. The Bertz CT molecular complexity index is 457. The number of methoxy groups -OCH3 is 1. The predicted molar refractivity (Wildman–Crippen MR) is 64.1 cm³/mol. The van der Waals surface area contributed by atoms with Crippen LogP contribution in [0.5, 0.6) is 11.5 Å². The quantitative estimate of drug-likeness (QED) is 0.856. The molecule has 0 saturated heterocycles. The fraction of sp³-hybridized carbons (Fsp3) is 0.182. The molecule has 0 aliphatic heterocycles. The molecule has 5 heteroatoms. The molecule has 0 spiro atoms. The maximum atomic E-state index is 9.57. The van der Waals surface area contributed by atoms with Crippen LogP contribution >= 0.6 is 11.3 Å². The molecule has 84 valence electrons. The molecule has 0 amide bonds. The van der Waals surface area contributed by atoms with Crippen molar-refractivity contribution < 1.29 is 9.84 Å². The van der Waals surface area contributed by atoms with Crippen molar-refractivity contribution in [1.82, 2.24) is 4.98 Å². The fourth-order valence-corrected chi connectivity index (χ4v) is 1.87. The third-order valence-corrected chi connectivity index (χ3v) is 2.89. The van der Waals surface area contributed by atoms with Crippen LogP contribution in [-0.2, 0) is 6.54 Å². The number of nitrogens with one attached hydrogen (secondary N) is 1. The van der Waals surface area contributed by atoms with Gasteiger partial charge in [0.05, 0.1) is 13.7 Å².